The predicted octanol–water partition coefficient (Wildman–Crippen LogP) is 3.28. The van der Waals surface area contributed by atoms with Gasteiger partial charge in [0.15, 0.2) is 0 Å². The van der Waals surface area contributed by atoms with Gasteiger partial charge < -0.3 is 0 Å². The molecule has 3 nitrogen and oxygen atoms in total. The third kappa shape index (κ3) is 2.32. The van der Waals surface area contributed by atoms with Gasteiger partial charge in [-0.2, -0.15) is 0 Å². The van der Waals surface area contributed by atoms with Gasteiger partial charge in [-0.15, -0.1) is 11.6 Å². The van der Waals surface area contributed by atoms with Crippen LogP contribution in [0, 0.1) is 0 Å². The zero-order chi connectivity index (χ0) is 14.2. The number of fused-ring (bicyclic) bond motifs is 1. The molecular formula is C15H16ClNO2S. The Morgan fingerprint density at radius 3 is 2.45 bits per heavy atom. The first-order chi connectivity index (χ1) is 9.56. The number of halogens is 1. The van der Waals surface area contributed by atoms with Gasteiger partial charge in [-0.05, 0) is 30.7 Å². The number of alkyl halides is 1. The van der Waals surface area contributed by atoms with Crippen molar-refractivity contribution >= 4 is 32.4 Å². The molecule has 3 rings (SSSR count). The average molecular weight is 310 g/mol. The zero-order valence-corrected chi connectivity index (χ0v) is 12.5. The lowest BCUT2D eigenvalue weighted by Gasteiger charge is -2.40. The molecule has 0 spiro atoms. The number of benzene rings is 2. The standard InChI is InChI=1S/C15H16ClNO2S/c16-11-15(9-4-10-15)17-20(18,19)14-8-3-6-12-5-1-2-7-13(12)14/h1-3,5-8,17H,4,9-11H2. The fourth-order valence-corrected chi connectivity index (χ4v) is 4.74. The highest BCUT2D eigenvalue weighted by Crippen LogP contribution is 2.35. The van der Waals surface area contributed by atoms with Crippen LogP contribution in [0.25, 0.3) is 10.8 Å². The van der Waals surface area contributed by atoms with E-state index < -0.39 is 15.6 Å². The fourth-order valence-electron chi connectivity index (χ4n) is 2.64. The molecular weight excluding hydrogens is 294 g/mol. The van der Waals surface area contributed by atoms with Crippen LogP contribution in [0.2, 0.25) is 0 Å². The summed E-state index contributed by atoms with van der Waals surface area (Å²) in [4.78, 5) is 0.326. The van der Waals surface area contributed by atoms with Crippen LogP contribution < -0.4 is 4.72 Å². The smallest absolute Gasteiger partial charge is 0.207 e. The van der Waals surface area contributed by atoms with Crippen molar-refractivity contribution in [2.75, 3.05) is 5.88 Å². The van der Waals surface area contributed by atoms with Gasteiger partial charge in [0.1, 0.15) is 0 Å². The summed E-state index contributed by atoms with van der Waals surface area (Å²) in [5.41, 5.74) is -0.461. The molecule has 1 aliphatic rings. The minimum absolute atomic E-state index is 0.316. The number of nitrogens with one attached hydrogen (secondary N) is 1. The van der Waals surface area contributed by atoms with Gasteiger partial charge in [0.25, 0.3) is 0 Å². The molecule has 1 fully saturated rings. The second-order valence-corrected chi connectivity index (χ2v) is 7.27. The summed E-state index contributed by atoms with van der Waals surface area (Å²) < 4.78 is 28.1. The Balaban J connectivity index is 2.05. The molecule has 2 aromatic carbocycles. The van der Waals surface area contributed by atoms with E-state index in [0.717, 1.165) is 30.0 Å². The first kappa shape index (κ1) is 13.9. The number of hydrogen-bond acceptors (Lipinski definition) is 2. The summed E-state index contributed by atoms with van der Waals surface area (Å²) in [5, 5.41) is 1.66. The highest BCUT2D eigenvalue weighted by molar-refractivity contribution is 7.89. The maximum Gasteiger partial charge on any atom is 0.241 e. The van der Waals surface area contributed by atoms with E-state index in [1.807, 2.05) is 30.3 Å². The topological polar surface area (TPSA) is 46.2 Å². The molecule has 20 heavy (non-hydrogen) atoms. The Morgan fingerprint density at radius 1 is 1.10 bits per heavy atom. The minimum Gasteiger partial charge on any atom is -0.207 e. The van der Waals surface area contributed by atoms with E-state index in [4.69, 9.17) is 11.6 Å². The lowest BCUT2D eigenvalue weighted by atomic mass is 9.79. The Hall–Kier alpha value is -1.10. The molecule has 1 N–H and O–H groups in total. The minimum atomic E-state index is -3.55. The summed E-state index contributed by atoms with van der Waals surface area (Å²) in [6.07, 6.45) is 2.63. The molecule has 0 unspecified atom stereocenters. The van der Waals surface area contributed by atoms with Crippen LogP contribution >= 0.6 is 11.6 Å². The Kier molecular flexibility index (Phi) is 3.48. The highest BCUT2D eigenvalue weighted by Gasteiger charge is 2.40. The molecule has 0 heterocycles. The Labute approximate surface area is 124 Å². The van der Waals surface area contributed by atoms with E-state index in [1.54, 1.807) is 12.1 Å². The summed E-state index contributed by atoms with van der Waals surface area (Å²) in [5.74, 6) is 0.316. The van der Waals surface area contributed by atoms with Crippen LogP contribution in [0.15, 0.2) is 47.4 Å². The van der Waals surface area contributed by atoms with Crippen molar-refractivity contribution in [2.45, 2.75) is 29.7 Å². The van der Waals surface area contributed by atoms with Gasteiger partial charge in [0.2, 0.25) is 10.0 Å². The van der Waals surface area contributed by atoms with Crippen LogP contribution in [0.3, 0.4) is 0 Å². The fraction of sp³-hybridized carbons (Fsp3) is 0.333. The van der Waals surface area contributed by atoms with Gasteiger partial charge in [0, 0.05) is 16.8 Å². The molecule has 0 radical (unpaired) electrons. The van der Waals surface area contributed by atoms with E-state index in [9.17, 15) is 8.42 Å². The molecule has 0 atom stereocenters. The molecule has 0 aliphatic heterocycles. The van der Waals surface area contributed by atoms with Crippen molar-refractivity contribution in [1.82, 2.24) is 4.72 Å². The van der Waals surface area contributed by atoms with Gasteiger partial charge in [-0.25, -0.2) is 13.1 Å². The quantitative estimate of drug-likeness (QED) is 0.881. The first-order valence-electron chi connectivity index (χ1n) is 6.64. The van der Waals surface area contributed by atoms with Crippen LogP contribution in [0.5, 0.6) is 0 Å². The normalized spacial score (nSPS) is 17.9. The molecule has 106 valence electrons. The molecule has 0 bridgehead atoms. The first-order valence-corrected chi connectivity index (χ1v) is 8.66. The van der Waals surface area contributed by atoms with E-state index >= 15 is 0 Å². The van der Waals surface area contributed by atoms with Crippen molar-refractivity contribution in [3.8, 4) is 0 Å². The van der Waals surface area contributed by atoms with E-state index in [1.165, 1.54) is 0 Å². The van der Waals surface area contributed by atoms with Crippen LogP contribution in [-0.2, 0) is 10.0 Å². The number of sulfonamides is 1. The van der Waals surface area contributed by atoms with Crippen molar-refractivity contribution in [3.63, 3.8) is 0 Å². The molecule has 0 aromatic heterocycles. The zero-order valence-electron chi connectivity index (χ0n) is 11.0. The molecule has 0 amide bonds. The van der Waals surface area contributed by atoms with E-state index in [-0.39, 0.29) is 0 Å². The van der Waals surface area contributed by atoms with Crippen molar-refractivity contribution in [2.24, 2.45) is 0 Å². The molecule has 1 aliphatic carbocycles. The number of rotatable bonds is 4. The molecule has 2 aromatic rings. The van der Waals surface area contributed by atoms with Crippen molar-refractivity contribution < 1.29 is 8.42 Å². The van der Waals surface area contributed by atoms with Crippen molar-refractivity contribution in [1.29, 1.82) is 0 Å². The van der Waals surface area contributed by atoms with Crippen LogP contribution in [-0.4, -0.2) is 19.8 Å². The van der Waals surface area contributed by atoms with Crippen LogP contribution in [0.1, 0.15) is 19.3 Å². The summed E-state index contributed by atoms with van der Waals surface area (Å²) in [6.45, 7) is 0. The summed E-state index contributed by atoms with van der Waals surface area (Å²) in [6, 6.07) is 12.8. The third-order valence-corrected chi connectivity index (χ3v) is 6.10. The Bertz CT molecular complexity index is 728. The summed E-state index contributed by atoms with van der Waals surface area (Å²) >= 11 is 5.94. The average Bonchev–Trinajstić information content (AvgIpc) is 2.42. The van der Waals surface area contributed by atoms with E-state index in [0.29, 0.717) is 10.8 Å². The predicted molar refractivity (Wildman–Crippen MR) is 81.6 cm³/mol. The lowest BCUT2D eigenvalue weighted by Crippen LogP contribution is -2.54. The highest BCUT2D eigenvalue weighted by atomic mass is 35.5. The maximum absolute atomic E-state index is 12.6. The van der Waals surface area contributed by atoms with E-state index in [2.05, 4.69) is 4.72 Å². The van der Waals surface area contributed by atoms with Crippen molar-refractivity contribution in [3.05, 3.63) is 42.5 Å². The molecule has 5 heteroatoms. The van der Waals surface area contributed by atoms with Crippen LogP contribution in [0.4, 0.5) is 0 Å². The third-order valence-electron chi connectivity index (χ3n) is 3.96. The van der Waals surface area contributed by atoms with Gasteiger partial charge >= 0.3 is 0 Å². The monoisotopic (exact) mass is 309 g/mol. The Morgan fingerprint density at radius 2 is 1.80 bits per heavy atom. The summed E-state index contributed by atoms with van der Waals surface area (Å²) in [7, 11) is -3.55. The van der Waals surface area contributed by atoms with Gasteiger partial charge in [-0.3, -0.25) is 0 Å². The largest absolute Gasteiger partial charge is 0.241 e. The maximum atomic E-state index is 12.6. The molecule has 1 saturated carbocycles. The lowest BCUT2D eigenvalue weighted by molar-refractivity contribution is 0.252. The number of hydrogen-bond donors (Lipinski definition) is 1. The second-order valence-electron chi connectivity index (χ2n) is 5.35. The second kappa shape index (κ2) is 5.02. The SMILES string of the molecule is O=S(=O)(NC1(CCl)CCC1)c1cccc2ccccc12. The van der Waals surface area contributed by atoms with Gasteiger partial charge in [-0.1, -0.05) is 36.4 Å². The molecule has 0 saturated heterocycles. The van der Waals surface area contributed by atoms with Gasteiger partial charge in [0.05, 0.1) is 4.90 Å².